The van der Waals surface area contributed by atoms with E-state index < -0.39 is 0 Å². The predicted molar refractivity (Wildman–Crippen MR) is 69.8 cm³/mol. The van der Waals surface area contributed by atoms with E-state index in [2.05, 4.69) is 20.8 Å². The zero-order valence-electron chi connectivity index (χ0n) is 11.0. The van der Waals surface area contributed by atoms with Gasteiger partial charge in [0.1, 0.15) is 0 Å². The number of rotatable bonds is 6. The quantitative estimate of drug-likeness (QED) is 0.561. The van der Waals surface area contributed by atoms with Crippen molar-refractivity contribution in [2.24, 2.45) is 12.9 Å². The van der Waals surface area contributed by atoms with Crippen LogP contribution in [0.25, 0.3) is 0 Å². The largest absolute Gasteiger partial charge is 0.375 e. The molecule has 102 valence electrons. The molecule has 2 unspecified atom stereocenters. The number of aromatic nitrogens is 4. The number of nitrogens with two attached hydrogens (primary N) is 1. The molecule has 1 aromatic carbocycles. The fraction of sp³-hybridized carbons (Fsp3) is 0.417. The van der Waals surface area contributed by atoms with E-state index in [1.54, 1.807) is 14.2 Å². The number of hydrogen-bond acceptors (Lipinski definition) is 6. The fourth-order valence-electron chi connectivity index (χ4n) is 2.03. The fourth-order valence-corrected chi connectivity index (χ4v) is 2.03. The minimum absolute atomic E-state index is 0.128. The van der Waals surface area contributed by atoms with Gasteiger partial charge in [-0.1, -0.05) is 30.3 Å². The standard InChI is InChI=1S/C12H18N6O/c1-18-16-11(15-17-18)8-10(14-13)12(19-2)9-6-4-3-5-7-9/h3-7,10,12,14H,8,13H2,1-2H3. The normalized spacial score (nSPS) is 14.3. The van der Waals surface area contributed by atoms with Crippen molar-refractivity contribution in [2.45, 2.75) is 18.6 Å². The summed E-state index contributed by atoms with van der Waals surface area (Å²) in [6.07, 6.45) is 0.368. The van der Waals surface area contributed by atoms with Crippen LogP contribution in [0.1, 0.15) is 17.5 Å². The number of methoxy groups -OCH3 is 1. The summed E-state index contributed by atoms with van der Waals surface area (Å²) in [4.78, 5) is 1.42. The second-order valence-electron chi connectivity index (χ2n) is 4.24. The topological polar surface area (TPSA) is 90.9 Å². The molecule has 2 rings (SSSR count). The highest BCUT2D eigenvalue weighted by Crippen LogP contribution is 2.21. The summed E-state index contributed by atoms with van der Waals surface area (Å²) < 4.78 is 5.54. The van der Waals surface area contributed by atoms with Crippen molar-refractivity contribution in [1.29, 1.82) is 0 Å². The first-order valence-corrected chi connectivity index (χ1v) is 6.01. The van der Waals surface area contributed by atoms with E-state index in [-0.39, 0.29) is 12.1 Å². The Kier molecular flexibility index (Phi) is 4.56. The lowest BCUT2D eigenvalue weighted by atomic mass is 10.00. The van der Waals surface area contributed by atoms with Gasteiger partial charge in [0.15, 0.2) is 5.82 Å². The summed E-state index contributed by atoms with van der Waals surface area (Å²) >= 11 is 0. The third kappa shape index (κ3) is 3.34. The van der Waals surface area contributed by atoms with Crippen LogP contribution in [0.5, 0.6) is 0 Å². The molecule has 0 aliphatic rings. The second kappa shape index (κ2) is 6.37. The third-order valence-electron chi connectivity index (χ3n) is 2.91. The van der Waals surface area contributed by atoms with Crippen LogP contribution in [0.2, 0.25) is 0 Å². The van der Waals surface area contributed by atoms with Crippen molar-refractivity contribution in [2.75, 3.05) is 7.11 Å². The molecule has 7 nitrogen and oxygen atoms in total. The van der Waals surface area contributed by atoms with Crippen LogP contribution in [0.3, 0.4) is 0 Å². The van der Waals surface area contributed by atoms with Gasteiger partial charge in [0.2, 0.25) is 0 Å². The van der Waals surface area contributed by atoms with Gasteiger partial charge in [-0.05, 0) is 10.8 Å². The molecule has 0 fully saturated rings. The Bertz CT molecular complexity index is 500. The van der Waals surface area contributed by atoms with Gasteiger partial charge in [0.25, 0.3) is 0 Å². The van der Waals surface area contributed by atoms with Gasteiger partial charge in [0.05, 0.1) is 19.2 Å². The van der Waals surface area contributed by atoms with Crippen LogP contribution < -0.4 is 11.3 Å². The van der Waals surface area contributed by atoms with Crippen LogP contribution >= 0.6 is 0 Å². The first kappa shape index (κ1) is 13.6. The summed E-state index contributed by atoms with van der Waals surface area (Å²) in [5.74, 6) is 6.26. The first-order valence-electron chi connectivity index (χ1n) is 6.01. The highest BCUT2D eigenvalue weighted by molar-refractivity contribution is 5.19. The van der Waals surface area contributed by atoms with Crippen molar-refractivity contribution in [3.8, 4) is 0 Å². The predicted octanol–water partition coefficient (Wildman–Crippen LogP) is -0.0278. The maximum atomic E-state index is 5.63. The monoisotopic (exact) mass is 262 g/mol. The first-order chi connectivity index (χ1) is 9.24. The van der Waals surface area contributed by atoms with Crippen LogP contribution in [0, 0.1) is 0 Å². The van der Waals surface area contributed by atoms with Crippen LogP contribution in [0.4, 0.5) is 0 Å². The molecule has 7 heteroatoms. The smallest absolute Gasteiger partial charge is 0.176 e. The van der Waals surface area contributed by atoms with Gasteiger partial charge < -0.3 is 4.74 Å². The molecular formula is C12H18N6O. The van der Waals surface area contributed by atoms with E-state index in [9.17, 15) is 0 Å². The summed E-state index contributed by atoms with van der Waals surface area (Å²) in [6, 6.07) is 9.78. The van der Waals surface area contributed by atoms with E-state index in [0.717, 1.165) is 5.56 Å². The molecule has 0 spiro atoms. The van der Waals surface area contributed by atoms with E-state index in [1.165, 1.54) is 4.80 Å². The van der Waals surface area contributed by atoms with Crippen molar-refractivity contribution < 1.29 is 4.74 Å². The van der Waals surface area contributed by atoms with Crippen LogP contribution in [-0.4, -0.2) is 33.4 Å². The molecule has 0 aliphatic carbocycles. The van der Waals surface area contributed by atoms with Crippen molar-refractivity contribution in [1.82, 2.24) is 25.6 Å². The number of aryl methyl sites for hydroxylation is 1. The van der Waals surface area contributed by atoms with Crippen molar-refractivity contribution in [3.63, 3.8) is 0 Å². The molecule has 0 radical (unpaired) electrons. The van der Waals surface area contributed by atoms with Crippen LogP contribution in [0.15, 0.2) is 30.3 Å². The van der Waals surface area contributed by atoms with E-state index in [1.807, 2.05) is 30.3 Å². The minimum atomic E-state index is -0.171. The third-order valence-corrected chi connectivity index (χ3v) is 2.91. The van der Waals surface area contributed by atoms with Crippen molar-refractivity contribution >= 4 is 0 Å². The number of tetrazole rings is 1. The molecule has 2 atom stereocenters. The van der Waals surface area contributed by atoms with Crippen molar-refractivity contribution in [3.05, 3.63) is 41.7 Å². The zero-order chi connectivity index (χ0) is 13.7. The van der Waals surface area contributed by atoms with Gasteiger partial charge in [-0.15, -0.1) is 10.2 Å². The molecule has 0 bridgehead atoms. The Hall–Kier alpha value is -1.83. The number of nitrogens with zero attached hydrogens (tertiary/aromatic N) is 4. The highest BCUT2D eigenvalue weighted by atomic mass is 16.5. The summed E-state index contributed by atoms with van der Waals surface area (Å²) in [7, 11) is 3.39. The molecule has 0 amide bonds. The molecule has 0 saturated carbocycles. The maximum absolute atomic E-state index is 5.63. The lowest BCUT2D eigenvalue weighted by Gasteiger charge is -2.24. The Morgan fingerprint density at radius 3 is 2.63 bits per heavy atom. The van der Waals surface area contributed by atoms with Gasteiger partial charge in [-0.2, -0.15) is 4.80 Å². The van der Waals surface area contributed by atoms with Gasteiger partial charge in [-0.25, -0.2) is 0 Å². The molecule has 3 N–H and O–H groups in total. The number of benzene rings is 1. The Morgan fingerprint density at radius 1 is 1.37 bits per heavy atom. The van der Waals surface area contributed by atoms with E-state index in [0.29, 0.717) is 12.2 Å². The number of hydrogen-bond donors (Lipinski definition) is 2. The second-order valence-corrected chi connectivity index (χ2v) is 4.24. The average molecular weight is 262 g/mol. The molecule has 0 saturated heterocycles. The summed E-state index contributed by atoms with van der Waals surface area (Å²) in [5.41, 5.74) is 3.82. The highest BCUT2D eigenvalue weighted by Gasteiger charge is 2.23. The maximum Gasteiger partial charge on any atom is 0.176 e. The van der Waals surface area contributed by atoms with Gasteiger partial charge >= 0.3 is 0 Å². The number of nitrogens with one attached hydrogen (secondary N) is 1. The van der Waals surface area contributed by atoms with Gasteiger partial charge in [0, 0.05) is 13.5 Å². The summed E-state index contributed by atoms with van der Waals surface area (Å²) in [5, 5.41) is 11.9. The Balaban J connectivity index is 2.15. The van der Waals surface area contributed by atoms with E-state index in [4.69, 9.17) is 10.6 Å². The summed E-state index contributed by atoms with van der Waals surface area (Å²) in [6.45, 7) is 0. The molecule has 0 aliphatic heterocycles. The Morgan fingerprint density at radius 2 is 2.11 bits per heavy atom. The zero-order valence-corrected chi connectivity index (χ0v) is 11.0. The number of ether oxygens (including phenoxy) is 1. The van der Waals surface area contributed by atoms with Gasteiger partial charge in [-0.3, -0.25) is 11.3 Å². The molecule has 1 aromatic heterocycles. The number of hydrazine groups is 1. The lowest BCUT2D eigenvalue weighted by molar-refractivity contribution is 0.0672. The molecule has 1 heterocycles. The van der Waals surface area contributed by atoms with Crippen LogP contribution in [-0.2, 0) is 18.2 Å². The average Bonchev–Trinajstić information content (AvgIpc) is 2.85. The molecular weight excluding hydrogens is 244 g/mol. The SMILES string of the molecule is COC(c1ccccc1)C(Cc1nnn(C)n1)NN. The lowest BCUT2D eigenvalue weighted by Crippen LogP contribution is -2.42. The molecule has 19 heavy (non-hydrogen) atoms. The van der Waals surface area contributed by atoms with E-state index >= 15 is 0 Å². The Labute approximate surface area is 111 Å². The minimum Gasteiger partial charge on any atom is -0.375 e. The molecule has 2 aromatic rings.